The Bertz CT molecular complexity index is 1300. The third kappa shape index (κ3) is 3.35. The van der Waals surface area contributed by atoms with Crippen LogP contribution in [-0.2, 0) is 6.42 Å². The molecule has 154 valence electrons. The summed E-state index contributed by atoms with van der Waals surface area (Å²) in [6.45, 7) is 0.540. The molecule has 1 atom stereocenters. The lowest BCUT2D eigenvalue weighted by atomic mass is 9.91. The van der Waals surface area contributed by atoms with Crippen LogP contribution < -0.4 is 0 Å². The fourth-order valence-electron chi connectivity index (χ4n) is 4.34. The molecule has 31 heavy (non-hydrogen) atoms. The van der Waals surface area contributed by atoms with Crippen LogP contribution >= 0.6 is 11.6 Å². The minimum atomic E-state index is -0.421. The van der Waals surface area contributed by atoms with Crippen molar-refractivity contribution in [3.63, 3.8) is 0 Å². The van der Waals surface area contributed by atoms with Crippen molar-refractivity contribution in [2.24, 2.45) is 0 Å². The highest BCUT2D eigenvalue weighted by molar-refractivity contribution is 6.30. The van der Waals surface area contributed by atoms with Crippen molar-refractivity contribution in [2.45, 2.75) is 12.5 Å². The van der Waals surface area contributed by atoms with Crippen LogP contribution in [0.4, 0.5) is 5.69 Å². The molecule has 1 N–H and O–H groups in total. The lowest BCUT2D eigenvalue weighted by Crippen LogP contribution is -2.40. The molecular formula is C24H18ClN3O3. The third-order valence-corrected chi connectivity index (χ3v) is 6.06. The number of aromatic amines is 1. The van der Waals surface area contributed by atoms with Gasteiger partial charge in [0, 0.05) is 45.9 Å². The maximum Gasteiger partial charge on any atom is 0.269 e. The van der Waals surface area contributed by atoms with Gasteiger partial charge >= 0.3 is 0 Å². The number of H-pyrrole nitrogens is 1. The van der Waals surface area contributed by atoms with Gasteiger partial charge in [-0.1, -0.05) is 29.8 Å². The van der Waals surface area contributed by atoms with Crippen molar-refractivity contribution < 1.29 is 9.72 Å². The van der Waals surface area contributed by atoms with Gasteiger partial charge in [0.05, 0.1) is 11.0 Å². The Labute approximate surface area is 183 Å². The first-order valence-electron chi connectivity index (χ1n) is 9.93. The fraction of sp³-hybridized carbons (Fsp3) is 0.125. The van der Waals surface area contributed by atoms with Crippen LogP contribution in [0, 0.1) is 10.1 Å². The number of para-hydroxylation sites is 1. The monoisotopic (exact) mass is 431 g/mol. The SMILES string of the molecule is O=C(c1ccc(Cl)cc1)N1CCc2c([nH]c3ccccc23)[C@@H]1c1ccc([N+](=O)[O-])cc1. The van der Waals surface area contributed by atoms with E-state index in [9.17, 15) is 14.9 Å². The number of fused-ring (bicyclic) bond motifs is 3. The highest BCUT2D eigenvalue weighted by Gasteiger charge is 2.35. The summed E-state index contributed by atoms with van der Waals surface area (Å²) in [6, 6.07) is 21.0. The third-order valence-electron chi connectivity index (χ3n) is 5.81. The van der Waals surface area contributed by atoms with E-state index < -0.39 is 4.92 Å². The number of nitrogens with zero attached hydrogens (tertiary/aromatic N) is 2. The molecule has 1 amide bonds. The number of nitro benzene ring substituents is 1. The minimum Gasteiger partial charge on any atom is -0.356 e. The van der Waals surface area contributed by atoms with Gasteiger partial charge in [-0.25, -0.2) is 0 Å². The summed E-state index contributed by atoms with van der Waals surface area (Å²) in [5.74, 6) is -0.107. The first kappa shape index (κ1) is 19.3. The number of halogens is 1. The van der Waals surface area contributed by atoms with Crippen LogP contribution in [0.15, 0.2) is 72.8 Å². The average molecular weight is 432 g/mol. The molecule has 0 aliphatic carbocycles. The van der Waals surface area contributed by atoms with Crippen LogP contribution in [0.1, 0.15) is 33.2 Å². The molecule has 1 aromatic heterocycles. The van der Waals surface area contributed by atoms with Crippen molar-refractivity contribution in [1.29, 1.82) is 0 Å². The number of hydrogen-bond acceptors (Lipinski definition) is 3. The number of rotatable bonds is 3. The van der Waals surface area contributed by atoms with Crippen LogP contribution in [-0.4, -0.2) is 27.3 Å². The smallest absolute Gasteiger partial charge is 0.269 e. The molecule has 0 saturated carbocycles. The highest BCUT2D eigenvalue weighted by atomic mass is 35.5. The number of non-ortho nitro benzene ring substituents is 1. The summed E-state index contributed by atoms with van der Waals surface area (Å²) in [4.78, 5) is 29.5. The van der Waals surface area contributed by atoms with Crippen molar-refractivity contribution >= 4 is 34.1 Å². The van der Waals surface area contributed by atoms with E-state index in [0.717, 1.165) is 28.6 Å². The molecule has 1 aliphatic rings. The number of nitrogens with one attached hydrogen (secondary N) is 1. The summed E-state index contributed by atoms with van der Waals surface area (Å²) in [5, 5.41) is 12.8. The first-order valence-corrected chi connectivity index (χ1v) is 10.3. The Morgan fingerprint density at radius 1 is 1.03 bits per heavy atom. The second kappa shape index (κ2) is 7.56. The Morgan fingerprint density at radius 3 is 2.45 bits per heavy atom. The summed E-state index contributed by atoms with van der Waals surface area (Å²) in [5.41, 5.74) is 4.53. The number of hydrogen-bond donors (Lipinski definition) is 1. The van der Waals surface area contributed by atoms with Gasteiger partial charge in [0.1, 0.15) is 0 Å². The maximum atomic E-state index is 13.5. The molecule has 6 nitrogen and oxygen atoms in total. The number of benzene rings is 3. The Hall–Kier alpha value is -3.64. The van der Waals surface area contributed by atoms with Gasteiger partial charge in [0.25, 0.3) is 11.6 Å². The molecule has 0 saturated heterocycles. The highest BCUT2D eigenvalue weighted by Crippen LogP contribution is 2.39. The van der Waals surface area contributed by atoms with E-state index in [1.807, 2.05) is 23.1 Å². The summed E-state index contributed by atoms with van der Waals surface area (Å²) >= 11 is 5.99. The van der Waals surface area contributed by atoms with E-state index in [4.69, 9.17) is 11.6 Å². The molecule has 0 fully saturated rings. The lowest BCUT2D eigenvalue weighted by molar-refractivity contribution is -0.384. The predicted octanol–water partition coefficient (Wildman–Crippen LogP) is 5.52. The summed E-state index contributed by atoms with van der Waals surface area (Å²) in [6.07, 6.45) is 0.724. The van der Waals surface area contributed by atoms with Gasteiger partial charge in [-0.15, -0.1) is 0 Å². The maximum absolute atomic E-state index is 13.5. The van der Waals surface area contributed by atoms with E-state index in [-0.39, 0.29) is 17.6 Å². The zero-order valence-corrected chi connectivity index (χ0v) is 17.2. The standard InChI is InChI=1S/C24H18ClN3O3/c25-17-9-5-16(6-10-17)24(29)27-14-13-20-19-3-1-2-4-21(19)26-22(20)23(27)15-7-11-18(12-8-15)28(30)31/h1-12,23,26H,13-14H2/t23-/m0/s1. The Kier molecular flexibility index (Phi) is 4.71. The Morgan fingerprint density at radius 2 is 1.74 bits per heavy atom. The van der Waals surface area contributed by atoms with Gasteiger partial charge in [0.15, 0.2) is 0 Å². The summed E-state index contributed by atoms with van der Waals surface area (Å²) in [7, 11) is 0. The molecule has 7 heteroatoms. The van der Waals surface area contributed by atoms with Gasteiger partial charge in [-0.2, -0.15) is 0 Å². The van der Waals surface area contributed by atoms with Gasteiger partial charge < -0.3 is 9.88 Å². The number of carbonyl (C=O) groups excluding carboxylic acids is 1. The van der Waals surface area contributed by atoms with Gasteiger partial charge in [0.2, 0.25) is 0 Å². The largest absolute Gasteiger partial charge is 0.356 e. The van der Waals surface area contributed by atoms with Crippen LogP contribution in [0.2, 0.25) is 5.02 Å². The fourth-order valence-corrected chi connectivity index (χ4v) is 4.47. The average Bonchev–Trinajstić information content (AvgIpc) is 3.17. The van der Waals surface area contributed by atoms with Crippen LogP contribution in [0.3, 0.4) is 0 Å². The van der Waals surface area contributed by atoms with Crippen molar-refractivity contribution in [2.75, 3.05) is 6.54 Å². The topological polar surface area (TPSA) is 79.2 Å². The summed E-state index contributed by atoms with van der Waals surface area (Å²) < 4.78 is 0. The number of carbonyl (C=O) groups is 1. The molecular weight excluding hydrogens is 414 g/mol. The second-order valence-electron chi connectivity index (χ2n) is 7.57. The molecule has 0 spiro atoms. The quantitative estimate of drug-likeness (QED) is 0.342. The van der Waals surface area contributed by atoms with Crippen LogP contribution in [0.25, 0.3) is 10.9 Å². The van der Waals surface area contributed by atoms with Crippen LogP contribution in [0.5, 0.6) is 0 Å². The molecule has 3 aromatic carbocycles. The number of aromatic nitrogens is 1. The van der Waals surface area contributed by atoms with Gasteiger partial charge in [-0.05, 0) is 60.0 Å². The van der Waals surface area contributed by atoms with Crippen molar-refractivity contribution in [3.8, 4) is 0 Å². The molecule has 4 aromatic rings. The lowest BCUT2D eigenvalue weighted by Gasteiger charge is -2.36. The number of nitro groups is 1. The van der Waals surface area contributed by atoms with E-state index >= 15 is 0 Å². The Balaban J connectivity index is 1.64. The van der Waals surface area contributed by atoms with E-state index in [1.165, 1.54) is 17.7 Å². The van der Waals surface area contributed by atoms with E-state index in [1.54, 1.807) is 36.4 Å². The molecule has 0 bridgehead atoms. The molecule has 5 rings (SSSR count). The zero-order valence-electron chi connectivity index (χ0n) is 16.4. The minimum absolute atomic E-state index is 0.0204. The normalized spacial score (nSPS) is 15.6. The van der Waals surface area contributed by atoms with E-state index in [0.29, 0.717) is 17.1 Å². The van der Waals surface area contributed by atoms with Gasteiger partial charge in [-0.3, -0.25) is 14.9 Å². The first-order chi connectivity index (χ1) is 15.0. The predicted molar refractivity (Wildman–Crippen MR) is 119 cm³/mol. The second-order valence-corrected chi connectivity index (χ2v) is 8.01. The molecule has 0 unspecified atom stereocenters. The zero-order chi connectivity index (χ0) is 21.5. The number of amides is 1. The molecule has 1 aliphatic heterocycles. The van der Waals surface area contributed by atoms with E-state index in [2.05, 4.69) is 11.1 Å². The molecule has 2 heterocycles. The van der Waals surface area contributed by atoms with Crippen molar-refractivity contribution in [3.05, 3.63) is 110 Å². The van der Waals surface area contributed by atoms with Crippen molar-refractivity contribution in [1.82, 2.24) is 9.88 Å². The molecule has 0 radical (unpaired) electrons.